The highest BCUT2D eigenvalue weighted by Gasteiger charge is 2.21. The van der Waals surface area contributed by atoms with Gasteiger partial charge in [-0.15, -0.1) is 0 Å². The molecule has 0 aliphatic carbocycles. The summed E-state index contributed by atoms with van der Waals surface area (Å²) in [5.74, 6) is -0.273. The molecule has 19 heteroatoms. The Balaban J connectivity index is 0.000000228. The van der Waals surface area contributed by atoms with Gasteiger partial charge in [-0.3, -0.25) is 28.8 Å². The second kappa shape index (κ2) is 54.7. The average molecular weight is 1900 g/mol. The van der Waals surface area contributed by atoms with Gasteiger partial charge in [0.05, 0.1) is 32.5 Å². The summed E-state index contributed by atoms with van der Waals surface area (Å²) in [6.07, 6.45) is 6.98. The van der Waals surface area contributed by atoms with Crippen molar-refractivity contribution in [3.8, 4) is 5.75 Å². The van der Waals surface area contributed by atoms with Crippen molar-refractivity contribution in [2.24, 2.45) is 0 Å². The van der Waals surface area contributed by atoms with E-state index in [-0.39, 0.29) is 93.5 Å². The van der Waals surface area contributed by atoms with Crippen LogP contribution in [-0.4, -0.2) is 83.0 Å². The molecule has 12 aromatic carbocycles. The molecule has 0 atom stereocenters. The van der Waals surface area contributed by atoms with Gasteiger partial charge in [0.2, 0.25) is 35.4 Å². The molecule has 12 aromatic rings. The number of anilines is 7. The number of hydrogen-bond acceptors (Lipinski definition) is 13. The summed E-state index contributed by atoms with van der Waals surface area (Å²) in [5, 5.41) is 53.8. The number of aromatic hydroxyl groups is 1. The van der Waals surface area contributed by atoms with Crippen LogP contribution < -0.4 is 36.8 Å². The predicted octanol–water partition coefficient (Wildman–Crippen LogP) is 25.4. The minimum atomic E-state index is -0.392. The molecule has 0 saturated heterocycles. The Morgan fingerprint density at radius 1 is 0.264 bits per heavy atom. The zero-order valence-corrected chi connectivity index (χ0v) is 86.3. The number of carbonyl (C=O) groups is 7. The van der Waals surface area contributed by atoms with Crippen molar-refractivity contribution in [1.82, 2.24) is 0 Å². The van der Waals surface area contributed by atoms with Crippen LogP contribution in [0.25, 0.3) is 0 Å². The summed E-state index contributed by atoms with van der Waals surface area (Å²) in [6, 6.07) is 93.6. The number of amides is 6. The van der Waals surface area contributed by atoms with Gasteiger partial charge in [-0.2, -0.15) is 0 Å². The van der Waals surface area contributed by atoms with E-state index in [0.29, 0.717) is 80.4 Å². The first-order chi connectivity index (χ1) is 66.0. The Morgan fingerprint density at radius 3 is 0.779 bits per heavy atom. The SMILES string of the molecule is CC(C)(C)c1ccc(CCC(=O)Nc2ccc(CO)cc2)cc1.CC(C)(C)c1ccc(CCC(=O)Nc2ccc(O)cc2)cc1.CC(C)(C)c1ccc(CCC(=O)Nc2cccc(CO)c2)cc1.CC(C)(C)c1ccc(CCC(=O)Nc2ccccc2CO)cc1.CN(C)c1ccc(NC(=O)CCc2ccc(C(C)(C)C)cc2)cc1.COC(=O)c1ccc(NC(=O)CCc2ccc(C(C)(C)C)cc2)cc1. The van der Waals surface area contributed by atoms with Crippen molar-refractivity contribution in [1.29, 1.82) is 0 Å². The number of carbonyl (C=O) groups excluding carboxylic acids is 7. The number of benzene rings is 12. The average Bonchev–Trinajstić information content (AvgIpc) is 0.870. The van der Waals surface area contributed by atoms with Gasteiger partial charge in [0.25, 0.3) is 0 Å². The molecule has 0 aliphatic rings. The predicted molar refractivity (Wildman–Crippen MR) is 576 cm³/mol. The molecule has 0 aliphatic heterocycles. The Bertz CT molecular complexity index is 5840. The molecule has 0 radical (unpaired) electrons. The number of phenolic OH excluding ortho intramolecular Hbond substituents is 1. The molecular weight excluding hydrogens is 1740 g/mol. The highest BCUT2D eigenvalue weighted by molar-refractivity contribution is 5.95. The molecule has 0 saturated carbocycles. The number of esters is 1. The molecule has 140 heavy (non-hydrogen) atoms. The van der Waals surface area contributed by atoms with Crippen molar-refractivity contribution >= 4 is 81.2 Å². The zero-order valence-electron chi connectivity index (χ0n) is 86.3. The molecule has 19 nitrogen and oxygen atoms in total. The van der Waals surface area contributed by atoms with Crippen LogP contribution in [-0.2, 0) is 124 Å². The number of rotatable bonds is 29. The van der Waals surface area contributed by atoms with Crippen molar-refractivity contribution in [2.75, 3.05) is 58.0 Å². The van der Waals surface area contributed by atoms with E-state index in [9.17, 15) is 43.8 Å². The fraction of sp³-hybridized carbons (Fsp3) is 0.347. The van der Waals surface area contributed by atoms with Crippen molar-refractivity contribution in [3.05, 3.63) is 380 Å². The van der Waals surface area contributed by atoms with Crippen molar-refractivity contribution in [3.63, 3.8) is 0 Å². The van der Waals surface area contributed by atoms with Crippen LogP contribution in [0.5, 0.6) is 5.75 Å². The lowest BCUT2D eigenvalue weighted by Gasteiger charge is -2.19. The van der Waals surface area contributed by atoms with E-state index in [2.05, 4.69) is 307 Å². The second-order valence-electron chi connectivity index (χ2n) is 41.6. The third-order valence-electron chi connectivity index (χ3n) is 23.4. The van der Waals surface area contributed by atoms with E-state index in [1.54, 1.807) is 72.8 Å². The molecule has 0 bridgehead atoms. The number of aliphatic hydroxyl groups is 3. The molecular formula is C121H151N7O12. The first-order valence-corrected chi connectivity index (χ1v) is 48.2. The fourth-order valence-corrected chi connectivity index (χ4v) is 14.3. The molecule has 0 spiro atoms. The van der Waals surface area contributed by atoms with E-state index in [1.165, 1.54) is 51.6 Å². The van der Waals surface area contributed by atoms with Crippen molar-refractivity contribution in [2.45, 2.75) is 254 Å². The normalized spacial score (nSPS) is 11.2. The molecule has 0 fully saturated rings. The number of aliphatic hydroxyl groups excluding tert-OH is 3. The summed E-state index contributed by atoms with van der Waals surface area (Å²) < 4.78 is 4.65. The van der Waals surface area contributed by atoms with E-state index >= 15 is 0 Å². The summed E-state index contributed by atoms with van der Waals surface area (Å²) in [4.78, 5) is 85.7. The fourth-order valence-electron chi connectivity index (χ4n) is 14.3. The van der Waals surface area contributed by atoms with Crippen LogP contribution in [0.1, 0.15) is 257 Å². The summed E-state index contributed by atoms with van der Waals surface area (Å²) in [6.45, 7) is 39.3. The van der Waals surface area contributed by atoms with E-state index < -0.39 is 5.97 Å². The lowest BCUT2D eigenvalue weighted by atomic mass is 9.86. The number of hydrogen-bond donors (Lipinski definition) is 10. The van der Waals surface area contributed by atoms with Gasteiger partial charge in [0.1, 0.15) is 5.75 Å². The summed E-state index contributed by atoms with van der Waals surface area (Å²) in [7, 11) is 5.34. The van der Waals surface area contributed by atoms with Gasteiger partial charge >= 0.3 is 5.97 Å². The Hall–Kier alpha value is -13.6. The minimum Gasteiger partial charge on any atom is -0.508 e. The Morgan fingerprint density at radius 2 is 0.514 bits per heavy atom. The second-order valence-corrected chi connectivity index (χ2v) is 41.6. The lowest BCUT2D eigenvalue weighted by molar-refractivity contribution is -0.117. The molecule has 0 aromatic heterocycles. The van der Waals surface area contributed by atoms with Crippen LogP contribution in [0.2, 0.25) is 0 Å². The smallest absolute Gasteiger partial charge is 0.337 e. The highest BCUT2D eigenvalue weighted by atomic mass is 16.5. The standard InChI is InChI=1S/C21H28N2O.C21H25NO3.3C20H25NO2.C19H23NO2/c1-21(2,3)17-9-6-16(7-10-17)8-15-20(24)22-18-11-13-19(14-12-18)23(4)5;1-21(2,3)17-10-5-15(6-11-17)7-14-19(23)22-18-12-8-16(9-13-18)20(24)25-4;1-20(2,3)17-9-4-15(5-10-17)8-13-19(23)21-18-11-6-16(14-22)7-12-18;1-20(2,3)17-10-7-15(8-11-17)9-12-19(23)21-18-6-4-5-16(13-18)14-22;1-20(2,3)17-11-8-15(9-12-17)10-13-19(23)21-18-7-5-4-6-16(18)14-22;1-19(2,3)15-7-4-14(5-8-15)6-13-18(22)20-16-9-11-17(21)12-10-16/h6-7,9-14H,8,15H2,1-5H3,(H,22,24);5-6,8-13H,7,14H2,1-4H3,(H,22,23);4-7,9-12,22H,8,13-14H2,1-3H3,(H,21,23);4-8,10-11,13,22H,9,12,14H2,1-3H3,(H,21,23);4-9,11-12,22H,10,13-14H2,1-3H3,(H,21,23);4-5,7-12,21H,6,13H2,1-3H3,(H,20,22). The van der Waals surface area contributed by atoms with Crippen LogP contribution in [0.15, 0.2) is 291 Å². The van der Waals surface area contributed by atoms with E-state index in [0.717, 1.165) is 81.0 Å². The highest BCUT2D eigenvalue weighted by Crippen LogP contribution is 2.31. The maximum Gasteiger partial charge on any atom is 0.337 e. The number of methoxy groups -OCH3 is 1. The van der Waals surface area contributed by atoms with Crippen LogP contribution >= 0.6 is 0 Å². The summed E-state index contributed by atoms with van der Waals surface area (Å²) in [5.41, 5.74) is 24.0. The lowest BCUT2D eigenvalue weighted by Crippen LogP contribution is -2.14. The maximum absolute atomic E-state index is 12.1. The quantitative estimate of drug-likeness (QED) is 0.0154. The van der Waals surface area contributed by atoms with Gasteiger partial charge in [0.15, 0.2) is 0 Å². The summed E-state index contributed by atoms with van der Waals surface area (Å²) >= 11 is 0. The van der Waals surface area contributed by atoms with Crippen LogP contribution in [0.4, 0.5) is 39.8 Å². The third kappa shape index (κ3) is 41.6. The number of aryl methyl sites for hydroxylation is 6. The van der Waals surface area contributed by atoms with Crippen LogP contribution in [0.3, 0.4) is 0 Å². The Labute approximate surface area is 832 Å². The van der Waals surface area contributed by atoms with E-state index in [1.807, 2.05) is 91.8 Å². The topological polar surface area (TPSA) is 285 Å². The molecule has 10 N–H and O–H groups in total. The number of ether oxygens (including phenoxy) is 1. The monoisotopic (exact) mass is 1890 g/mol. The van der Waals surface area contributed by atoms with Gasteiger partial charge in [-0.1, -0.05) is 313 Å². The number of nitrogens with zero attached hydrogens (tertiary/aromatic N) is 1. The minimum absolute atomic E-state index is 0.00152. The first kappa shape index (κ1) is 113. The van der Waals surface area contributed by atoms with Crippen LogP contribution in [0, 0.1) is 0 Å². The van der Waals surface area contributed by atoms with Gasteiger partial charge in [-0.05, 0) is 252 Å². The maximum atomic E-state index is 12.1. The third-order valence-corrected chi connectivity index (χ3v) is 23.4. The van der Waals surface area contributed by atoms with Gasteiger partial charge in [-0.25, -0.2) is 4.79 Å². The van der Waals surface area contributed by atoms with Gasteiger partial charge in [0, 0.05) is 98.0 Å². The van der Waals surface area contributed by atoms with Crippen molar-refractivity contribution < 1.29 is 58.7 Å². The number of phenols is 1. The molecule has 0 heterocycles. The largest absolute Gasteiger partial charge is 0.508 e. The van der Waals surface area contributed by atoms with E-state index in [4.69, 9.17) is 10.2 Å². The van der Waals surface area contributed by atoms with Gasteiger partial charge < -0.3 is 62.0 Å². The zero-order chi connectivity index (χ0) is 103. The molecule has 6 amide bonds. The number of para-hydroxylation sites is 1. The first-order valence-electron chi connectivity index (χ1n) is 48.2. The number of nitrogens with one attached hydrogen (secondary N) is 6. The molecule has 12 rings (SSSR count). The molecule has 742 valence electrons. The Kier molecular flexibility index (Phi) is 44.3. The molecule has 0 unspecified atom stereocenters.